The van der Waals surface area contributed by atoms with E-state index in [1.807, 2.05) is 27.7 Å². The van der Waals surface area contributed by atoms with Crippen molar-refractivity contribution in [2.24, 2.45) is 0 Å². The van der Waals surface area contributed by atoms with Gasteiger partial charge in [0.2, 0.25) is 0 Å². The molecule has 1 saturated heterocycles. The highest BCUT2D eigenvalue weighted by Crippen LogP contribution is 2.39. The van der Waals surface area contributed by atoms with Crippen LogP contribution in [0.15, 0.2) is 6.20 Å². The molecule has 0 unspecified atom stereocenters. The number of hydrogen-bond donors (Lipinski definition) is 0. The van der Waals surface area contributed by atoms with Crippen LogP contribution in [0.1, 0.15) is 57.4 Å². The summed E-state index contributed by atoms with van der Waals surface area (Å²) in [5.41, 5.74) is -0.603. The van der Waals surface area contributed by atoms with Crippen molar-refractivity contribution in [1.29, 1.82) is 0 Å². The van der Waals surface area contributed by atoms with Crippen molar-refractivity contribution in [2.75, 3.05) is 13.1 Å². The van der Waals surface area contributed by atoms with E-state index in [2.05, 4.69) is 5.10 Å². The molecule has 2 aliphatic rings. The number of amides is 1. The van der Waals surface area contributed by atoms with Gasteiger partial charge < -0.3 is 14.4 Å². The summed E-state index contributed by atoms with van der Waals surface area (Å²) in [6.07, 6.45) is 3.04. The molecular formula is C17H25N3O4. The molecule has 7 nitrogen and oxygen atoms in total. The van der Waals surface area contributed by atoms with Crippen LogP contribution in [-0.2, 0) is 11.3 Å². The fourth-order valence-corrected chi connectivity index (χ4v) is 3.18. The first kappa shape index (κ1) is 16.8. The van der Waals surface area contributed by atoms with E-state index in [0.29, 0.717) is 50.3 Å². The number of fused-ring (bicyclic) bond motifs is 1. The quantitative estimate of drug-likeness (QED) is 0.789. The number of hydrogen-bond acceptors (Lipinski definition) is 5. The zero-order valence-electron chi connectivity index (χ0n) is 14.8. The van der Waals surface area contributed by atoms with Gasteiger partial charge in [0.05, 0.1) is 12.6 Å². The minimum Gasteiger partial charge on any atom is -0.483 e. The number of carbonyl (C=O) groups is 2. The highest BCUT2D eigenvalue weighted by atomic mass is 16.6. The summed E-state index contributed by atoms with van der Waals surface area (Å²) in [6.45, 7) is 9.28. The molecule has 1 fully saturated rings. The van der Waals surface area contributed by atoms with E-state index >= 15 is 0 Å². The van der Waals surface area contributed by atoms with E-state index in [1.54, 1.807) is 15.8 Å². The second-order valence-electron chi connectivity index (χ2n) is 7.55. The molecule has 1 spiro atoms. The number of ether oxygens (including phenoxy) is 2. The van der Waals surface area contributed by atoms with Gasteiger partial charge in [0, 0.05) is 32.5 Å². The van der Waals surface area contributed by atoms with E-state index in [4.69, 9.17) is 9.47 Å². The van der Waals surface area contributed by atoms with E-state index in [0.717, 1.165) is 0 Å². The number of piperidine rings is 1. The predicted octanol–water partition coefficient (Wildman–Crippen LogP) is 2.64. The van der Waals surface area contributed by atoms with Crippen molar-refractivity contribution in [3.05, 3.63) is 11.9 Å². The molecule has 0 N–H and O–H groups in total. The van der Waals surface area contributed by atoms with Crippen LogP contribution < -0.4 is 4.74 Å². The second-order valence-corrected chi connectivity index (χ2v) is 7.55. The normalized spacial score (nSPS) is 19.8. The summed E-state index contributed by atoms with van der Waals surface area (Å²) in [5, 5.41) is 4.27. The molecule has 0 saturated carbocycles. The van der Waals surface area contributed by atoms with Crippen LogP contribution in [0.5, 0.6) is 5.75 Å². The third-order valence-electron chi connectivity index (χ3n) is 4.45. The molecule has 0 aliphatic carbocycles. The number of likely N-dealkylation sites (tertiary alicyclic amines) is 1. The summed E-state index contributed by atoms with van der Waals surface area (Å²) in [7, 11) is 0. The lowest BCUT2D eigenvalue weighted by molar-refractivity contribution is -0.0226. The second kappa shape index (κ2) is 5.79. The van der Waals surface area contributed by atoms with Gasteiger partial charge in [0.25, 0.3) is 0 Å². The van der Waals surface area contributed by atoms with Crippen molar-refractivity contribution in [2.45, 2.75) is 64.7 Å². The van der Waals surface area contributed by atoms with Crippen molar-refractivity contribution in [3.63, 3.8) is 0 Å². The Morgan fingerprint density at radius 1 is 1.38 bits per heavy atom. The number of Topliss-reactive ketones (excluding diaryl/α,β-unsaturated/α-hetero) is 1. The van der Waals surface area contributed by atoms with Gasteiger partial charge in [0.1, 0.15) is 11.2 Å². The Morgan fingerprint density at radius 3 is 2.62 bits per heavy atom. The number of rotatable bonds is 1. The van der Waals surface area contributed by atoms with Crippen LogP contribution in [0.3, 0.4) is 0 Å². The fourth-order valence-electron chi connectivity index (χ4n) is 3.18. The van der Waals surface area contributed by atoms with Crippen LogP contribution in [0.25, 0.3) is 0 Å². The molecule has 0 atom stereocenters. The minimum absolute atomic E-state index is 0.0224. The molecule has 0 radical (unpaired) electrons. The van der Waals surface area contributed by atoms with Crippen LogP contribution >= 0.6 is 0 Å². The molecule has 2 aliphatic heterocycles. The molecule has 0 bridgehead atoms. The van der Waals surface area contributed by atoms with E-state index in [-0.39, 0.29) is 11.9 Å². The van der Waals surface area contributed by atoms with Gasteiger partial charge in [-0.1, -0.05) is 0 Å². The van der Waals surface area contributed by atoms with Crippen LogP contribution in [0.4, 0.5) is 4.79 Å². The van der Waals surface area contributed by atoms with Gasteiger partial charge in [-0.3, -0.25) is 9.48 Å². The predicted molar refractivity (Wildman–Crippen MR) is 87.2 cm³/mol. The molecule has 0 aromatic carbocycles. The zero-order valence-corrected chi connectivity index (χ0v) is 14.8. The van der Waals surface area contributed by atoms with Gasteiger partial charge in [-0.05, 0) is 27.7 Å². The molecule has 1 aromatic rings. The largest absolute Gasteiger partial charge is 0.483 e. The first-order valence-electron chi connectivity index (χ1n) is 8.49. The Morgan fingerprint density at radius 2 is 2.04 bits per heavy atom. The fraction of sp³-hybridized carbons (Fsp3) is 0.706. The molecule has 24 heavy (non-hydrogen) atoms. The Kier molecular flexibility index (Phi) is 4.05. The maximum atomic E-state index is 12.4. The summed E-state index contributed by atoms with van der Waals surface area (Å²) in [4.78, 5) is 26.3. The lowest BCUT2D eigenvalue weighted by Gasteiger charge is -2.43. The summed E-state index contributed by atoms with van der Waals surface area (Å²) >= 11 is 0. The number of aromatic nitrogens is 2. The highest BCUT2D eigenvalue weighted by molar-refractivity contribution is 5.98. The monoisotopic (exact) mass is 335 g/mol. The molecule has 1 amide bonds. The minimum atomic E-state index is -0.524. The Bertz CT molecular complexity index is 651. The first-order valence-corrected chi connectivity index (χ1v) is 8.49. The Hall–Kier alpha value is -2.05. The van der Waals surface area contributed by atoms with Gasteiger partial charge in [-0.2, -0.15) is 5.10 Å². The average Bonchev–Trinajstić information content (AvgIpc) is 2.89. The van der Waals surface area contributed by atoms with E-state index in [9.17, 15) is 9.59 Å². The van der Waals surface area contributed by atoms with Gasteiger partial charge in [-0.15, -0.1) is 0 Å². The number of nitrogens with zero attached hydrogens (tertiary/aromatic N) is 3. The summed E-state index contributed by atoms with van der Waals surface area (Å²) in [6, 6.07) is 0. The maximum Gasteiger partial charge on any atom is 0.410 e. The third kappa shape index (κ3) is 3.25. The van der Waals surface area contributed by atoms with Crippen LogP contribution in [0.2, 0.25) is 0 Å². The van der Waals surface area contributed by atoms with E-state index < -0.39 is 11.2 Å². The SMILES string of the molecule is CCn1cc2c(n1)C(=O)CC1(CCN(C(=O)OC(C)(C)C)CC1)O2. The third-order valence-corrected chi connectivity index (χ3v) is 4.45. The Balaban J connectivity index is 1.68. The van der Waals surface area contributed by atoms with Crippen molar-refractivity contribution >= 4 is 11.9 Å². The molecule has 1 aromatic heterocycles. The van der Waals surface area contributed by atoms with Crippen molar-refractivity contribution in [1.82, 2.24) is 14.7 Å². The topological polar surface area (TPSA) is 73.7 Å². The standard InChI is InChI=1S/C17H25N3O4/c1-5-20-11-13-14(18-20)12(21)10-17(23-13)6-8-19(9-7-17)15(22)24-16(2,3)4/h11H,5-10H2,1-4H3. The maximum absolute atomic E-state index is 12.4. The van der Waals surface area contributed by atoms with Gasteiger partial charge in [0.15, 0.2) is 17.2 Å². The molecule has 7 heteroatoms. The smallest absolute Gasteiger partial charge is 0.410 e. The lowest BCUT2D eigenvalue weighted by Crippen LogP contribution is -2.52. The average molecular weight is 335 g/mol. The molecule has 3 rings (SSSR count). The molecular weight excluding hydrogens is 310 g/mol. The number of carbonyl (C=O) groups excluding carboxylic acids is 2. The van der Waals surface area contributed by atoms with Gasteiger partial charge in [-0.25, -0.2) is 4.79 Å². The number of aryl methyl sites for hydroxylation is 1. The lowest BCUT2D eigenvalue weighted by atomic mass is 9.84. The first-order chi connectivity index (χ1) is 11.2. The highest BCUT2D eigenvalue weighted by Gasteiger charge is 2.45. The summed E-state index contributed by atoms with van der Waals surface area (Å²) < 4.78 is 13.3. The molecule has 132 valence electrons. The van der Waals surface area contributed by atoms with Crippen LogP contribution in [-0.4, -0.2) is 50.8 Å². The van der Waals surface area contributed by atoms with E-state index in [1.165, 1.54) is 0 Å². The van der Waals surface area contributed by atoms with Crippen molar-refractivity contribution < 1.29 is 19.1 Å². The molecule has 3 heterocycles. The zero-order chi connectivity index (χ0) is 17.5. The number of ketones is 1. The van der Waals surface area contributed by atoms with Gasteiger partial charge >= 0.3 is 6.09 Å². The Labute approximate surface area is 141 Å². The summed E-state index contributed by atoms with van der Waals surface area (Å²) in [5.74, 6) is 0.591. The van der Waals surface area contributed by atoms with Crippen LogP contribution in [0, 0.1) is 0 Å². The van der Waals surface area contributed by atoms with Crippen molar-refractivity contribution in [3.8, 4) is 5.75 Å².